The lowest BCUT2D eigenvalue weighted by atomic mass is 10.2. The fourth-order valence-electron chi connectivity index (χ4n) is 3.25. The SMILES string of the molecule is Cc1c(C#N)c(NC(=O)CSc2nnnn2Cc2ccco2)n(-c2cccc(F)c2)c1C. The third kappa shape index (κ3) is 4.26. The molecule has 0 fully saturated rings. The van der Waals surface area contributed by atoms with Crippen LogP contribution in [0.4, 0.5) is 10.2 Å². The fourth-order valence-corrected chi connectivity index (χ4v) is 3.92. The Morgan fingerprint density at radius 2 is 2.16 bits per heavy atom. The van der Waals surface area contributed by atoms with Crippen LogP contribution in [-0.2, 0) is 11.3 Å². The molecule has 0 saturated heterocycles. The van der Waals surface area contributed by atoms with Gasteiger partial charge in [0.15, 0.2) is 0 Å². The van der Waals surface area contributed by atoms with Gasteiger partial charge >= 0.3 is 0 Å². The number of hydrogen-bond acceptors (Lipinski definition) is 7. The molecule has 0 spiro atoms. The minimum absolute atomic E-state index is 0.00974. The van der Waals surface area contributed by atoms with Gasteiger partial charge in [-0.1, -0.05) is 17.8 Å². The highest BCUT2D eigenvalue weighted by molar-refractivity contribution is 7.99. The van der Waals surface area contributed by atoms with E-state index in [-0.39, 0.29) is 11.7 Å². The molecule has 0 bridgehead atoms. The molecule has 0 atom stereocenters. The first-order valence-electron chi connectivity index (χ1n) is 9.57. The summed E-state index contributed by atoms with van der Waals surface area (Å²) < 4.78 is 22.3. The first-order chi connectivity index (χ1) is 15.5. The molecule has 162 valence electrons. The number of carbonyl (C=O) groups excluding carboxylic acids is 1. The maximum absolute atomic E-state index is 13.8. The summed E-state index contributed by atoms with van der Waals surface area (Å²) in [7, 11) is 0. The number of amides is 1. The smallest absolute Gasteiger partial charge is 0.236 e. The highest BCUT2D eigenvalue weighted by Crippen LogP contribution is 2.30. The summed E-state index contributed by atoms with van der Waals surface area (Å²) in [6.45, 7) is 3.94. The molecule has 0 aliphatic heterocycles. The van der Waals surface area contributed by atoms with Crippen molar-refractivity contribution >= 4 is 23.5 Å². The Labute approximate surface area is 186 Å². The number of anilines is 1. The minimum atomic E-state index is -0.414. The molecule has 1 aromatic carbocycles. The van der Waals surface area contributed by atoms with Gasteiger partial charge < -0.3 is 9.73 Å². The lowest BCUT2D eigenvalue weighted by molar-refractivity contribution is -0.113. The largest absolute Gasteiger partial charge is 0.467 e. The number of aromatic nitrogens is 5. The maximum Gasteiger partial charge on any atom is 0.236 e. The number of benzene rings is 1. The molecule has 0 aliphatic rings. The van der Waals surface area contributed by atoms with Crippen LogP contribution in [0.3, 0.4) is 0 Å². The monoisotopic (exact) mass is 451 g/mol. The number of rotatable bonds is 7. The van der Waals surface area contributed by atoms with Gasteiger partial charge in [0.1, 0.15) is 30.0 Å². The summed E-state index contributed by atoms with van der Waals surface area (Å²) in [6, 6.07) is 11.7. The van der Waals surface area contributed by atoms with Crippen LogP contribution in [-0.4, -0.2) is 36.4 Å². The average molecular weight is 451 g/mol. The summed E-state index contributed by atoms with van der Waals surface area (Å²) in [4.78, 5) is 12.7. The third-order valence-electron chi connectivity index (χ3n) is 4.87. The average Bonchev–Trinajstić information content (AvgIpc) is 3.49. The summed E-state index contributed by atoms with van der Waals surface area (Å²) >= 11 is 1.15. The predicted octanol–water partition coefficient (Wildman–Crippen LogP) is 3.46. The molecule has 9 nitrogen and oxygen atoms in total. The zero-order chi connectivity index (χ0) is 22.7. The molecule has 1 N–H and O–H groups in total. The van der Waals surface area contributed by atoms with E-state index in [1.54, 1.807) is 42.0 Å². The lowest BCUT2D eigenvalue weighted by Gasteiger charge is -2.13. The molecule has 32 heavy (non-hydrogen) atoms. The molecule has 0 unspecified atom stereocenters. The van der Waals surface area contributed by atoms with E-state index >= 15 is 0 Å². The zero-order valence-corrected chi connectivity index (χ0v) is 18.1. The van der Waals surface area contributed by atoms with Gasteiger partial charge in [-0.2, -0.15) is 5.26 Å². The van der Waals surface area contributed by atoms with Crippen LogP contribution < -0.4 is 5.32 Å². The summed E-state index contributed by atoms with van der Waals surface area (Å²) in [5.41, 5.74) is 2.28. The Hall–Kier alpha value is -3.91. The topological polar surface area (TPSA) is 115 Å². The first kappa shape index (κ1) is 21.3. The van der Waals surface area contributed by atoms with Crippen molar-refractivity contribution in [2.24, 2.45) is 0 Å². The van der Waals surface area contributed by atoms with E-state index < -0.39 is 5.82 Å². The maximum atomic E-state index is 13.8. The molecule has 1 amide bonds. The molecular weight excluding hydrogens is 433 g/mol. The molecule has 3 aromatic heterocycles. The number of hydrogen-bond donors (Lipinski definition) is 1. The summed E-state index contributed by atoms with van der Waals surface area (Å²) in [6.07, 6.45) is 1.56. The van der Waals surface area contributed by atoms with Gasteiger partial charge in [0.25, 0.3) is 0 Å². The van der Waals surface area contributed by atoms with E-state index in [1.807, 2.05) is 6.92 Å². The molecule has 0 aliphatic carbocycles. The Bertz CT molecular complexity index is 1300. The van der Waals surface area contributed by atoms with Crippen molar-refractivity contribution < 1.29 is 13.6 Å². The molecule has 3 heterocycles. The van der Waals surface area contributed by atoms with Crippen molar-refractivity contribution in [3.63, 3.8) is 0 Å². The Kier molecular flexibility index (Phi) is 6.04. The van der Waals surface area contributed by atoms with Crippen molar-refractivity contribution in [1.29, 1.82) is 5.26 Å². The van der Waals surface area contributed by atoms with Crippen LogP contribution in [0.2, 0.25) is 0 Å². The first-order valence-corrected chi connectivity index (χ1v) is 10.6. The van der Waals surface area contributed by atoms with Gasteiger partial charge in [-0.25, -0.2) is 9.07 Å². The van der Waals surface area contributed by atoms with Gasteiger partial charge in [0, 0.05) is 5.69 Å². The number of carbonyl (C=O) groups is 1. The third-order valence-corrected chi connectivity index (χ3v) is 5.82. The zero-order valence-electron chi connectivity index (χ0n) is 17.2. The molecular formula is C21H18FN7O2S. The minimum Gasteiger partial charge on any atom is -0.467 e. The number of tetrazole rings is 1. The van der Waals surface area contributed by atoms with Gasteiger partial charge in [-0.05, 0) is 60.2 Å². The van der Waals surface area contributed by atoms with Crippen molar-refractivity contribution in [1.82, 2.24) is 24.8 Å². The van der Waals surface area contributed by atoms with Crippen LogP contribution in [0.5, 0.6) is 0 Å². The van der Waals surface area contributed by atoms with Gasteiger partial charge in [0.05, 0.1) is 23.3 Å². The fraction of sp³-hybridized carbons (Fsp3) is 0.190. The molecule has 0 saturated carbocycles. The number of halogens is 1. The number of nitriles is 1. The highest BCUT2D eigenvalue weighted by Gasteiger charge is 2.21. The van der Waals surface area contributed by atoms with E-state index in [0.29, 0.717) is 40.1 Å². The van der Waals surface area contributed by atoms with Crippen molar-refractivity contribution in [2.75, 3.05) is 11.1 Å². The van der Waals surface area contributed by atoms with E-state index in [9.17, 15) is 14.4 Å². The van der Waals surface area contributed by atoms with E-state index in [1.165, 1.54) is 16.8 Å². The van der Waals surface area contributed by atoms with Crippen LogP contribution in [0, 0.1) is 31.0 Å². The van der Waals surface area contributed by atoms with Crippen molar-refractivity contribution in [2.45, 2.75) is 25.5 Å². The van der Waals surface area contributed by atoms with E-state index in [4.69, 9.17) is 4.42 Å². The lowest BCUT2D eigenvalue weighted by Crippen LogP contribution is -2.18. The second-order valence-electron chi connectivity index (χ2n) is 6.90. The van der Waals surface area contributed by atoms with Crippen molar-refractivity contribution in [3.05, 3.63) is 71.1 Å². The van der Waals surface area contributed by atoms with Crippen LogP contribution in [0.1, 0.15) is 22.6 Å². The predicted molar refractivity (Wildman–Crippen MR) is 115 cm³/mol. The van der Waals surface area contributed by atoms with Gasteiger partial charge in [-0.15, -0.1) is 5.10 Å². The number of nitrogens with one attached hydrogen (secondary N) is 1. The normalized spacial score (nSPS) is 10.8. The second-order valence-corrected chi connectivity index (χ2v) is 7.84. The second kappa shape index (κ2) is 9.07. The van der Waals surface area contributed by atoms with Gasteiger partial charge in [-0.3, -0.25) is 9.36 Å². The number of thioether (sulfide) groups is 1. The van der Waals surface area contributed by atoms with Gasteiger partial charge in [0.2, 0.25) is 11.1 Å². The van der Waals surface area contributed by atoms with E-state index in [2.05, 4.69) is 26.9 Å². The summed E-state index contributed by atoms with van der Waals surface area (Å²) in [5, 5.41) is 24.4. The van der Waals surface area contributed by atoms with Crippen LogP contribution in [0.25, 0.3) is 5.69 Å². The highest BCUT2D eigenvalue weighted by atomic mass is 32.2. The Morgan fingerprint density at radius 1 is 1.31 bits per heavy atom. The summed E-state index contributed by atoms with van der Waals surface area (Å²) in [5.74, 6) is 0.225. The molecule has 0 radical (unpaired) electrons. The Balaban J connectivity index is 1.54. The molecule has 11 heteroatoms. The number of furan rings is 1. The standard InChI is InChI=1S/C21H18FN7O2S/c1-13-14(2)29(16-6-3-5-15(22)9-16)20(18(13)10-23)24-19(30)12-32-21-25-26-27-28(21)11-17-7-4-8-31-17/h3-9H,11-12H2,1-2H3,(H,24,30). The van der Waals surface area contributed by atoms with E-state index in [0.717, 1.165) is 17.5 Å². The Morgan fingerprint density at radius 3 is 2.88 bits per heavy atom. The van der Waals surface area contributed by atoms with Crippen LogP contribution in [0.15, 0.2) is 52.2 Å². The molecule has 4 rings (SSSR count). The quantitative estimate of drug-likeness (QED) is 0.428. The number of nitrogens with zero attached hydrogens (tertiary/aromatic N) is 6. The molecule has 4 aromatic rings. The van der Waals surface area contributed by atoms with Crippen molar-refractivity contribution in [3.8, 4) is 11.8 Å². The van der Waals surface area contributed by atoms with Crippen LogP contribution >= 0.6 is 11.8 Å².